The van der Waals surface area contributed by atoms with Gasteiger partial charge in [0.25, 0.3) is 0 Å². The van der Waals surface area contributed by atoms with Crippen LogP contribution in [0.2, 0.25) is 0 Å². The molecule has 4 rings (SSSR count). The lowest BCUT2D eigenvalue weighted by Crippen LogP contribution is -2.37. The van der Waals surface area contributed by atoms with Crippen molar-refractivity contribution < 1.29 is 9.47 Å². The van der Waals surface area contributed by atoms with Crippen molar-refractivity contribution in [2.75, 3.05) is 26.8 Å². The Morgan fingerprint density at radius 3 is 2.79 bits per heavy atom. The first kappa shape index (κ1) is 19.2. The molecule has 2 aromatic carbocycles. The molecular weight excluding hydrogens is 364 g/mol. The summed E-state index contributed by atoms with van der Waals surface area (Å²) in [4.78, 5) is 7.69. The smallest absolute Gasteiger partial charge is 0.191 e. The number of ether oxygens (including phenoxy) is 2. The lowest BCUT2D eigenvalue weighted by Gasteiger charge is -2.13. The summed E-state index contributed by atoms with van der Waals surface area (Å²) in [7, 11) is 1.79. The van der Waals surface area contributed by atoms with Crippen molar-refractivity contribution in [1.29, 1.82) is 0 Å². The molecule has 0 spiro atoms. The molecule has 3 N–H and O–H groups in total. The van der Waals surface area contributed by atoms with E-state index in [1.165, 1.54) is 22.0 Å². The minimum Gasteiger partial charge on any atom is -0.490 e. The first-order chi connectivity index (χ1) is 14.2. The highest BCUT2D eigenvalue weighted by molar-refractivity contribution is 5.84. The number of nitrogens with zero attached hydrogens (tertiary/aromatic N) is 1. The molecular formula is C23H28N4O2. The molecule has 2 heterocycles. The van der Waals surface area contributed by atoms with Crippen LogP contribution in [0.3, 0.4) is 0 Å². The van der Waals surface area contributed by atoms with E-state index in [1.54, 1.807) is 7.05 Å². The van der Waals surface area contributed by atoms with Gasteiger partial charge in [0.15, 0.2) is 17.5 Å². The second-order valence-corrected chi connectivity index (χ2v) is 7.30. The summed E-state index contributed by atoms with van der Waals surface area (Å²) in [5.41, 5.74) is 4.90. The fraction of sp³-hybridized carbons (Fsp3) is 0.348. The van der Waals surface area contributed by atoms with Crippen molar-refractivity contribution in [3.05, 3.63) is 59.3 Å². The normalized spacial score (nSPS) is 13.9. The maximum Gasteiger partial charge on any atom is 0.191 e. The van der Waals surface area contributed by atoms with E-state index in [1.807, 2.05) is 12.1 Å². The number of nitrogens with one attached hydrogen (secondary N) is 3. The number of hydrogen-bond donors (Lipinski definition) is 3. The maximum absolute atomic E-state index is 5.77. The summed E-state index contributed by atoms with van der Waals surface area (Å²) in [5, 5.41) is 8.05. The standard InChI is InChI=1S/C23H28N4O2/c1-16-4-6-19-18(15-26-20(19)12-16)8-9-25-23(24-2)27-14-17-5-7-21-22(13-17)29-11-3-10-28-21/h4-7,12-13,15,26H,3,8-11,14H2,1-2H3,(H2,24,25,27). The summed E-state index contributed by atoms with van der Waals surface area (Å²) < 4.78 is 11.5. The van der Waals surface area contributed by atoms with Crippen molar-refractivity contribution in [3.8, 4) is 11.5 Å². The minimum absolute atomic E-state index is 0.669. The molecule has 1 aliphatic heterocycles. The topological polar surface area (TPSA) is 70.7 Å². The third-order valence-corrected chi connectivity index (χ3v) is 5.11. The Morgan fingerprint density at radius 2 is 1.93 bits per heavy atom. The monoisotopic (exact) mass is 392 g/mol. The molecule has 1 aromatic heterocycles. The molecule has 0 unspecified atom stereocenters. The fourth-order valence-electron chi connectivity index (χ4n) is 3.55. The van der Waals surface area contributed by atoms with Gasteiger partial charge in [0.2, 0.25) is 0 Å². The highest BCUT2D eigenvalue weighted by atomic mass is 16.5. The van der Waals surface area contributed by atoms with Gasteiger partial charge in [0, 0.05) is 43.7 Å². The van der Waals surface area contributed by atoms with Gasteiger partial charge >= 0.3 is 0 Å². The SMILES string of the molecule is CN=C(NCCc1c[nH]c2cc(C)ccc12)NCc1ccc2c(c1)OCCCO2. The Kier molecular flexibility index (Phi) is 5.89. The van der Waals surface area contributed by atoms with Crippen molar-refractivity contribution >= 4 is 16.9 Å². The van der Waals surface area contributed by atoms with Gasteiger partial charge in [-0.1, -0.05) is 18.2 Å². The van der Waals surface area contributed by atoms with Crippen LogP contribution in [-0.2, 0) is 13.0 Å². The van der Waals surface area contributed by atoms with Crippen molar-refractivity contribution in [3.63, 3.8) is 0 Å². The first-order valence-electron chi connectivity index (χ1n) is 10.1. The van der Waals surface area contributed by atoms with Crippen LogP contribution in [0.4, 0.5) is 0 Å². The van der Waals surface area contributed by atoms with Gasteiger partial charge in [-0.2, -0.15) is 0 Å². The Hall–Kier alpha value is -3.15. The van der Waals surface area contributed by atoms with Crippen LogP contribution < -0.4 is 20.1 Å². The molecule has 152 valence electrons. The summed E-state index contributed by atoms with van der Waals surface area (Å²) in [6.45, 7) is 4.99. The molecule has 0 saturated carbocycles. The van der Waals surface area contributed by atoms with E-state index in [0.29, 0.717) is 19.8 Å². The van der Waals surface area contributed by atoms with Crippen molar-refractivity contribution in [1.82, 2.24) is 15.6 Å². The molecule has 29 heavy (non-hydrogen) atoms. The van der Waals surface area contributed by atoms with Crippen LogP contribution in [0.15, 0.2) is 47.6 Å². The van der Waals surface area contributed by atoms with E-state index in [9.17, 15) is 0 Å². The van der Waals surface area contributed by atoms with E-state index >= 15 is 0 Å². The maximum atomic E-state index is 5.77. The lowest BCUT2D eigenvalue weighted by atomic mass is 10.1. The highest BCUT2D eigenvalue weighted by Gasteiger charge is 2.11. The average molecular weight is 393 g/mol. The molecule has 0 bridgehead atoms. The zero-order valence-corrected chi connectivity index (χ0v) is 17.0. The molecule has 6 heteroatoms. The van der Waals surface area contributed by atoms with Crippen LogP contribution >= 0.6 is 0 Å². The zero-order chi connectivity index (χ0) is 20.1. The van der Waals surface area contributed by atoms with Crippen LogP contribution in [0.5, 0.6) is 11.5 Å². The third kappa shape index (κ3) is 4.65. The number of fused-ring (bicyclic) bond motifs is 2. The molecule has 0 aliphatic carbocycles. The van der Waals surface area contributed by atoms with E-state index in [-0.39, 0.29) is 0 Å². The van der Waals surface area contributed by atoms with Gasteiger partial charge in [-0.15, -0.1) is 0 Å². The summed E-state index contributed by atoms with van der Waals surface area (Å²) in [5.74, 6) is 2.43. The number of rotatable bonds is 5. The third-order valence-electron chi connectivity index (χ3n) is 5.11. The van der Waals surface area contributed by atoms with E-state index in [4.69, 9.17) is 9.47 Å². The number of aliphatic imine (C=N–C) groups is 1. The molecule has 0 atom stereocenters. The number of H-pyrrole nitrogens is 1. The second kappa shape index (κ2) is 8.90. The van der Waals surface area contributed by atoms with Crippen LogP contribution in [-0.4, -0.2) is 37.7 Å². The summed E-state index contributed by atoms with van der Waals surface area (Å²) in [6.07, 6.45) is 3.93. The quantitative estimate of drug-likeness (QED) is 0.459. The molecule has 0 saturated heterocycles. The Bertz CT molecular complexity index is 1010. The van der Waals surface area contributed by atoms with Gasteiger partial charge in [-0.05, 0) is 48.2 Å². The predicted molar refractivity (Wildman–Crippen MR) is 117 cm³/mol. The number of benzene rings is 2. The summed E-state index contributed by atoms with van der Waals surface area (Å²) >= 11 is 0. The first-order valence-corrected chi connectivity index (χ1v) is 10.1. The zero-order valence-electron chi connectivity index (χ0n) is 17.0. The molecule has 1 aliphatic rings. The molecule has 0 amide bonds. The molecule has 6 nitrogen and oxygen atoms in total. The minimum atomic E-state index is 0.669. The van der Waals surface area contributed by atoms with Crippen LogP contribution in [0, 0.1) is 6.92 Å². The predicted octanol–water partition coefficient (Wildman–Crippen LogP) is 3.55. The summed E-state index contributed by atoms with van der Waals surface area (Å²) in [6, 6.07) is 12.6. The van der Waals surface area contributed by atoms with Gasteiger partial charge in [0.05, 0.1) is 13.2 Å². The number of hydrogen-bond acceptors (Lipinski definition) is 3. The van der Waals surface area contributed by atoms with Crippen LogP contribution in [0.1, 0.15) is 23.1 Å². The highest BCUT2D eigenvalue weighted by Crippen LogP contribution is 2.30. The Balaban J connectivity index is 1.30. The molecule has 0 radical (unpaired) electrons. The van der Waals surface area contributed by atoms with Crippen molar-refractivity contribution in [2.24, 2.45) is 4.99 Å². The van der Waals surface area contributed by atoms with E-state index < -0.39 is 0 Å². The molecule has 0 fully saturated rings. The number of aromatic nitrogens is 1. The van der Waals surface area contributed by atoms with Gasteiger partial charge in [0.1, 0.15) is 0 Å². The number of guanidine groups is 1. The van der Waals surface area contributed by atoms with E-state index in [2.05, 4.69) is 58.0 Å². The van der Waals surface area contributed by atoms with Crippen molar-refractivity contribution in [2.45, 2.75) is 26.3 Å². The lowest BCUT2D eigenvalue weighted by molar-refractivity contribution is 0.297. The fourth-order valence-corrected chi connectivity index (χ4v) is 3.55. The Labute approximate surface area is 171 Å². The van der Waals surface area contributed by atoms with E-state index in [0.717, 1.165) is 42.4 Å². The Morgan fingerprint density at radius 1 is 1.07 bits per heavy atom. The van der Waals surface area contributed by atoms with Crippen LogP contribution in [0.25, 0.3) is 10.9 Å². The largest absolute Gasteiger partial charge is 0.490 e. The molecule has 3 aromatic rings. The second-order valence-electron chi connectivity index (χ2n) is 7.30. The number of aryl methyl sites for hydroxylation is 1. The van der Waals surface area contributed by atoms with Gasteiger partial charge < -0.3 is 25.1 Å². The average Bonchev–Trinajstić information content (AvgIpc) is 2.97. The van der Waals surface area contributed by atoms with Gasteiger partial charge in [-0.3, -0.25) is 4.99 Å². The number of aromatic amines is 1. The van der Waals surface area contributed by atoms with Gasteiger partial charge in [-0.25, -0.2) is 0 Å².